The van der Waals surface area contributed by atoms with Crippen LogP contribution in [0.25, 0.3) is 22.3 Å². The minimum Gasteiger partial charge on any atom is -0.476 e. The van der Waals surface area contributed by atoms with E-state index in [4.69, 9.17) is 27.9 Å². The number of aromatic nitrogens is 2. The van der Waals surface area contributed by atoms with Crippen LogP contribution in [0.3, 0.4) is 0 Å². The zero-order chi connectivity index (χ0) is 28.9. The van der Waals surface area contributed by atoms with Crippen LogP contribution in [0.5, 0.6) is 5.75 Å². The number of nitrogens with zero attached hydrogens (tertiary/aromatic N) is 4. The average molecular weight is 588 g/mol. The van der Waals surface area contributed by atoms with Gasteiger partial charge in [-0.05, 0) is 42.5 Å². The summed E-state index contributed by atoms with van der Waals surface area (Å²) in [5, 5.41) is 19.5. The fourth-order valence-corrected chi connectivity index (χ4v) is 4.35. The molecule has 5 rings (SSSR count). The molecule has 5 aromatic rings. The van der Waals surface area contributed by atoms with Gasteiger partial charge in [0.2, 0.25) is 5.75 Å². The first-order chi connectivity index (χ1) is 19.8. The number of nitrogens with one attached hydrogen (secondary N) is 1. The molecule has 0 unspecified atom stereocenters. The van der Waals surface area contributed by atoms with Gasteiger partial charge >= 0.3 is 5.69 Å². The molecular formula is C29H19Cl2N5O5. The highest BCUT2D eigenvalue weighted by Crippen LogP contribution is 2.36. The highest BCUT2D eigenvalue weighted by molar-refractivity contribution is 6.32. The number of nitro benzene ring substituents is 1. The van der Waals surface area contributed by atoms with Crippen molar-refractivity contribution < 1.29 is 14.5 Å². The van der Waals surface area contributed by atoms with Gasteiger partial charge in [-0.1, -0.05) is 65.7 Å². The first-order valence-electron chi connectivity index (χ1n) is 12.1. The zero-order valence-corrected chi connectivity index (χ0v) is 22.5. The smallest absolute Gasteiger partial charge is 0.313 e. The number of ether oxygens (including phenoxy) is 1. The molecule has 0 aliphatic rings. The quantitative estimate of drug-likeness (QED) is 0.131. The van der Waals surface area contributed by atoms with Crippen molar-refractivity contribution in [2.24, 2.45) is 5.10 Å². The minimum atomic E-state index is -0.686. The third kappa shape index (κ3) is 6.24. The van der Waals surface area contributed by atoms with Crippen LogP contribution in [0.2, 0.25) is 10.0 Å². The van der Waals surface area contributed by atoms with Crippen LogP contribution in [-0.4, -0.2) is 33.3 Å². The molecule has 10 nitrogen and oxygen atoms in total. The predicted molar refractivity (Wildman–Crippen MR) is 158 cm³/mol. The van der Waals surface area contributed by atoms with Crippen molar-refractivity contribution in [3.05, 3.63) is 127 Å². The third-order valence-electron chi connectivity index (χ3n) is 5.83. The first kappa shape index (κ1) is 27.5. The van der Waals surface area contributed by atoms with E-state index in [1.54, 1.807) is 60.7 Å². The second-order valence-electron chi connectivity index (χ2n) is 8.63. The van der Waals surface area contributed by atoms with Gasteiger partial charge in [-0.15, -0.1) is 0 Å². The lowest BCUT2D eigenvalue weighted by molar-refractivity contribution is -0.385. The Morgan fingerprint density at radius 2 is 1.73 bits per heavy atom. The van der Waals surface area contributed by atoms with Crippen molar-refractivity contribution in [1.29, 1.82) is 0 Å². The van der Waals surface area contributed by atoms with Gasteiger partial charge in [-0.2, -0.15) is 9.78 Å². The number of nitro groups is 1. The average Bonchev–Trinajstić information content (AvgIpc) is 2.97. The summed E-state index contributed by atoms with van der Waals surface area (Å²) in [6.45, 7) is -0.533. The Morgan fingerprint density at radius 1 is 1.02 bits per heavy atom. The van der Waals surface area contributed by atoms with Crippen LogP contribution in [0.15, 0.2) is 101 Å². The lowest BCUT2D eigenvalue weighted by Crippen LogP contribution is -2.20. The summed E-state index contributed by atoms with van der Waals surface area (Å²) in [6, 6.07) is 24.9. The van der Waals surface area contributed by atoms with Crippen LogP contribution in [0.1, 0.15) is 5.56 Å². The number of anilines is 1. The Labute approximate surface area is 242 Å². The molecule has 1 heterocycles. The van der Waals surface area contributed by atoms with Gasteiger partial charge < -0.3 is 10.1 Å². The molecule has 1 amide bonds. The lowest BCUT2D eigenvalue weighted by atomic mass is 10.2. The largest absolute Gasteiger partial charge is 0.476 e. The molecule has 0 fully saturated rings. The maximum absolute atomic E-state index is 13.3. The predicted octanol–water partition coefficient (Wildman–Crippen LogP) is 6.18. The number of para-hydroxylation sites is 1. The molecule has 0 spiro atoms. The molecule has 4 aromatic carbocycles. The van der Waals surface area contributed by atoms with Crippen LogP contribution < -0.4 is 15.6 Å². The number of halogens is 2. The van der Waals surface area contributed by atoms with E-state index >= 15 is 0 Å². The fourth-order valence-electron chi connectivity index (χ4n) is 3.95. The fraction of sp³-hybridized carbons (Fsp3) is 0.0345. The number of hydrogen-bond acceptors (Lipinski definition) is 7. The van der Waals surface area contributed by atoms with Crippen LogP contribution in [0, 0.1) is 10.1 Å². The Balaban J connectivity index is 1.45. The summed E-state index contributed by atoms with van der Waals surface area (Å²) >= 11 is 12.2. The van der Waals surface area contributed by atoms with Gasteiger partial charge in [0.1, 0.15) is 0 Å². The topological polar surface area (TPSA) is 129 Å². The lowest BCUT2D eigenvalue weighted by Gasteiger charge is -2.11. The van der Waals surface area contributed by atoms with Gasteiger partial charge in [0, 0.05) is 27.9 Å². The number of rotatable bonds is 8. The maximum Gasteiger partial charge on any atom is 0.313 e. The summed E-state index contributed by atoms with van der Waals surface area (Å²) in [7, 11) is 0. The van der Waals surface area contributed by atoms with Gasteiger partial charge in [0.25, 0.3) is 11.5 Å². The van der Waals surface area contributed by atoms with Crippen LogP contribution in [0.4, 0.5) is 11.4 Å². The van der Waals surface area contributed by atoms with Crippen molar-refractivity contribution >= 4 is 57.6 Å². The second-order valence-corrected chi connectivity index (χ2v) is 9.48. The molecule has 0 aliphatic heterocycles. The van der Waals surface area contributed by atoms with Crippen molar-refractivity contribution in [2.45, 2.75) is 0 Å². The van der Waals surface area contributed by atoms with Crippen molar-refractivity contribution in [1.82, 2.24) is 9.66 Å². The van der Waals surface area contributed by atoms with E-state index in [9.17, 15) is 19.7 Å². The van der Waals surface area contributed by atoms with E-state index in [1.807, 2.05) is 18.2 Å². The minimum absolute atomic E-state index is 0.118. The molecular weight excluding hydrogens is 569 g/mol. The zero-order valence-electron chi connectivity index (χ0n) is 21.0. The molecule has 12 heteroatoms. The van der Waals surface area contributed by atoms with Crippen molar-refractivity contribution in [3.8, 4) is 17.1 Å². The summed E-state index contributed by atoms with van der Waals surface area (Å²) in [5.74, 6) is -0.549. The molecule has 0 atom stereocenters. The van der Waals surface area contributed by atoms with Crippen LogP contribution >= 0.6 is 23.2 Å². The molecule has 204 valence electrons. The van der Waals surface area contributed by atoms with E-state index in [1.165, 1.54) is 18.3 Å². The number of hydrogen-bond donors (Lipinski definition) is 1. The standard InChI is InChI=1S/C29H19Cl2N5O5/c30-20-10-12-21(13-11-20)33-26(37)17-41-27-23(31)14-18(15-25(27)36(39)40)16-32-35-28(19-6-2-1-3-7-19)34-24-9-5-4-8-22(24)29(35)38/h1-16H,17H2,(H,33,37). The number of benzene rings is 4. The molecule has 1 N–H and O–H groups in total. The second kappa shape index (κ2) is 12.0. The van der Waals surface area contributed by atoms with Crippen molar-refractivity contribution in [2.75, 3.05) is 11.9 Å². The van der Waals surface area contributed by atoms with Gasteiger partial charge in [0.05, 0.1) is 27.1 Å². The van der Waals surface area contributed by atoms with E-state index in [2.05, 4.69) is 15.4 Å². The van der Waals surface area contributed by atoms with Gasteiger partial charge in [-0.25, -0.2) is 4.98 Å². The van der Waals surface area contributed by atoms with E-state index < -0.39 is 28.7 Å². The Morgan fingerprint density at radius 3 is 2.46 bits per heavy atom. The van der Waals surface area contributed by atoms with Gasteiger partial charge in [0.15, 0.2) is 12.4 Å². The third-order valence-corrected chi connectivity index (χ3v) is 6.36. The summed E-state index contributed by atoms with van der Waals surface area (Å²) in [6.07, 6.45) is 1.26. The highest BCUT2D eigenvalue weighted by atomic mass is 35.5. The number of amides is 1. The number of fused-ring (bicyclic) bond motifs is 1. The number of carbonyl (C=O) groups excluding carboxylic acids is 1. The summed E-state index contributed by atoms with van der Waals surface area (Å²) in [5.41, 5.74) is 0.950. The maximum atomic E-state index is 13.3. The summed E-state index contributed by atoms with van der Waals surface area (Å²) in [4.78, 5) is 41.5. The molecule has 41 heavy (non-hydrogen) atoms. The highest BCUT2D eigenvalue weighted by Gasteiger charge is 2.22. The summed E-state index contributed by atoms with van der Waals surface area (Å²) < 4.78 is 6.56. The normalized spacial score (nSPS) is 11.1. The monoisotopic (exact) mass is 587 g/mol. The van der Waals surface area contributed by atoms with Gasteiger partial charge in [-0.3, -0.25) is 19.7 Å². The van der Waals surface area contributed by atoms with Crippen molar-refractivity contribution in [3.63, 3.8) is 0 Å². The SMILES string of the molecule is O=C(COc1c(Cl)cc(C=Nn2c(-c3ccccc3)nc3ccccc3c2=O)cc1[N+](=O)[O-])Nc1ccc(Cl)cc1. The van der Waals surface area contributed by atoms with E-state index in [0.717, 1.165) is 4.68 Å². The molecule has 0 radical (unpaired) electrons. The van der Waals surface area contributed by atoms with E-state index in [0.29, 0.717) is 27.2 Å². The molecule has 0 saturated heterocycles. The molecule has 0 saturated carbocycles. The Kier molecular flexibility index (Phi) is 8.04. The molecule has 0 bridgehead atoms. The Hall–Kier alpha value is -5.06. The Bertz CT molecular complexity index is 1860. The first-order valence-corrected chi connectivity index (χ1v) is 12.8. The number of carbonyl (C=O) groups is 1. The molecule has 1 aromatic heterocycles. The van der Waals surface area contributed by atoms with Crippen LogP contribution in [-0.2, 0) is 4.79 Å². The van der Waals surface area contributed by atoms with E-state index in [-0.39, 0.29) is 22.2 Å². The molecule has 0 aliphatic carbocycles.